The maximum atomic E-state index is 13.6. The van der Waals surface area contributed by atoms with Gasteiger partial charge in [-0.25, -0.2) is 0 Å². The highest BCUT2D eigenvalue weighted by atomic mass is 16.5. The van der Waals surface area contributed by atoms with Crippen LogP contribution in [0, 0.1) is 0 Å². The van der Waals surface area contributed by atoms with Crippen molar-refractivity contribution >= 4 is 17.4 Å². The van der Waals surface area contributed by atoms with Gasteiger partial charge >= 0.3 is 0 Å². The molecule has 1 aliphatic carbocycles. The van der Waals surface area contributed by atoms with Crippen molar-refractivity contribution in [3.8, 4) is 0 Å². The van der Waals surface area contributed by atoms with Crippen LogP contribution in [0.25, 0.3) is 5.57 Å². The number of ether oxygens (including phenoxy) is 1. The van der Waals surface area contributed by atoms with Gasteiger partial charge in [-0.1, -0.05) is 18.9 Å². The number of hydrogen-bond donors (Lipinski definition) is 1. The van der Waals surface area contributed by atoms with Crippen LogP contribution in [0.4, 0.5) is 0 Å². The van der Waals surface area contributed by atoms with Crippen LogP contribution in [0.3, 0.4) is 0 Å². The summed E-state index contributed by atoms with van der Waals surface area (Å²) in [6.07, 6.45) is 8.52. The predicted octanol–water partition coefficient (Wildman–Crippen LogP) is 2.78. The van der Waals surface area contributed by atoms with E-state index >= 15 is 0 Å². The van der Waals surface area contributed by atoms with Gasteiger partial charge in [-0.15, -0.1) is 0 Å². The lowest BCUT2D eigenvalue weighted by Crippen LogP contribution is -2.52. The van der Waals surface area contributed by atoms with E-state index in [0.717, 1.165) is 61.4 Å². The number of carbonyl (C=O) groups is 2. The minimum absolute atomic E-state index is 0.0737. The second-order valence-corrected chi connectivity index (χ2v) is 10.2. The molecule has 0 bridgehead atoms. The average Bonchev–Trinajstić information content (AvgIpc) is 3.30. The molecule has 4 heterocycles. The summed E-state index contributed by atoms with van der Waals surface area (Å²) in [6, 6.07) is 0.670. The number of nitrogens with one attached hydrogen (secondary N) is 1. The Morgan fingerprint density at radius 2 is 1.97 bits per heavy atom. The first-order valence-electron chi connectivity index (χ1n) is 12.9. The van der Waals surface area contributed by atoms with Gasteiger partial charge in [-0.05, 0) is 45.6 Å². The number of fused-ring (bicyclic) bond motifs is 3. The third-order valence-electron chi connectivity index (χ3n) is 7.96. The molecule has 2 atom stereocenters. The molecular formula is C26H37N5O3. The van der Waals surface area contributed by atoms with E-state index in [9.17, 15) is 9.59 Å². The van der Waals surface area contributed by atoms with E-state index in [1.165, 1.54) is 12.8 Å². The molecule has 4 aliphatic rings. The Morgan fingerprint density at radius 1 is 1.24 bits per heavy atom. The van der Waals surface area contributed by atoms with Crippen LogP contribution in [0.1, 0.15) is 75.0 Å². The van der Waals surface area contributed by atoms with Gasteiger partial charge in [0.2, 0.25) is 0 Å². The minimum Gasteiger partial charge on any atom is -0.381 e. The van der Waals surface area contributed by atoms with Gasteiger partial charge in [0.25, 0.3) is 11.8 Å². The van der Waals surface area contributed by atoms with Crippen molar-refractivity contribution in [2.75, 3.05) is 39.4 Å². The summed E-state index contributed by atoms with van der Waals surface area (Å²) in [5.74, 6) is 0.0391. The van der Waals surface area contributed by atoms with Gasteiger partial charge in [0, 0.05) is 56.6 Å². The van der Waals surface area contributed by atoms with E-state index in [1.807, 2.05) is 22.6 Å². The molecule has 0 spiro atoms. The molecular weight excluding hydrogens is 430 g/mol. The van der Waals surface area contributed by atoms with E-state index in [0.29, 0.717) is 31.2 Å². The normalized spacial score (nSPS) is 24.9. The molecule has 5 rings (SSSR count). The van der Waals surface area contributed by atoms with Crippen molar-refractivity contribution in [3.05, 3.63) is 34.7 Å². The zero-order valence-corrected chi connectivity index (χ0v) is 20.7. The summed E-state index contributed by atoms with van der Waals surface area (Å²) < 4.78 is 7.56. The molecule has 34 heavy (non-hydrogen) atoms. The predicted molar refractivity (Wildman–Crippen MR) is 130 cm³/mol. The summed E-state index contributed by atoms with van der Waals surface area (Å²) in [5.41, 5.74) is 4.34. The number of piperazine rings is 1. The highest BCUT2D eigenvalue weighted by Crippen LogP contribution is 2.38. The smallest absolute Gasteiger partial charge is 0.255 e. The summed E-state index contributed by atoms with van der Waals surface area (Å²) >= 11 is 0. The monoisotopic (exact) mass is 467 g/mol. The van der Waals surface area contributed by atoms with Gasteiger partial charge in [0.15, 0.2) is 0 Å². The van der Waals surface area contributed by atoms with E-state index in [1.54, 1.807) is 6.20 Å². The summed E-state index contributed by atoms with van der Waals surface area (Å²) in [5, 5.41) is 7.76. The van der Waals surface area contributed by atoms with E-state index in [-0.39, 0.29) is 23.9 Å². The quantitative estimate of drug-likeness (QED) is 0.720. The molecule has 2 saturated heterocycles. The van der Waals surface area contributed by atoms with Gasteiger partial charge in [-0.2, -0.15) is 5.10 Å². The van der Waals surface area contributed by atoms with Gasteiger partial charge in [-0.3, -0.25) is 19.2 Å². The maximum Gasteiger partial charge on any atom is 0.255 e. The Bertz CT molecular complexity index is 1010. The Kier molecular flexibility index (Phi) is 6.62. The Balaban J connectivity index is 1.40. The molecule has 2 amide bonds. The number of rotatable bonds is 5. The summed E-state index contributed by atoms with van der Waals surface area (Å²) in [6.45, 7) is 11.3. The minimum atomic E-state index is -0.112. The van der Waals surface area contributed by atoms with Crippen molar-refractivity contribution in [2.24, 2.45) is 0 Å². The van der Waals surface area contributed by atoms with Gasteiger partial charge < -0.3 is 15.0 Å². The number of hydrogen-bond acceptors (Lipinski definition) is 5. The van der Waals surface area contributed by atoms with Crippen molar-refractivity contribution in [3.63, 3.8) is 0 Å². The first-order chi connectivity index (χ1) is 16.5. The lowest BCUT2D eigenvalue weighted by Gasteiger charge is -2.39. The molecule has 8 nitrogen and oxygen atoms in total. The fourth-order valence-electron chi connectivity index (χ4n) is 5.91. The second-order valence-electron chi connectivity index (χ2n) is 10.2. The van der Waals surface area contributed by atoms with Crippen LogP contribution in [0.2, 0.25) is 0 Å². The van der Waals surface area contributed by atoms with Crippen LogP contribution >= 0.6 is 0 Å². The zero-order valence-electron chi connectivity index (χ0n) is 20.7. The average molecular weight is 468 g/mol. The molecule has 1 aromatic rings. The van der Waals surface area contributed by atoms with Crippen molar-refractivity contribution in [1.82, 2.24) is 24.9 Å². The second kappa shape index (κ2) is 9.66. The van der Waals surface area contributed by atoms with Crippen LogP contribution in [-0.2, 0) is 9.53 Å². The standard InChI is InChI=1S/C26H37N5O3/c1-4-5-18(3)29-8-10-30(11-9-29)26(33)20-15-21-23(14-17(20)2)28-25(32)22-16-27-31(24(21)22)19-6-12-34-13-7-19/h15-16,18-19,23H,4-14H2,1-3H3,(H,28,32). The summed E-state index contributed by atoms with van der Waals surface area (Å²) in [4.78, 5) is 30.9. The molecule has 1 N–H and O–H groups in total. The highest BCUT2D eigenvalue weighted by Gasteiger charge is 2.38. The van der Waals surface area contributed by atoms with Crippen LogP contribution in [0.5, 0.6) is 0 Å². The first kappa shape index (κ1) is 23.3. The number of carbonyl (C=O) groups excluding carboxylic acids is 2. The van der Waals surface area contributed by atoms with Gasteiger partial charge in [0.1, 0.15) is 0 Å². The largest absolute Gasteiger partial charge is 0.381 e. The molecule has 3 aliphatic heterocycles. The van der Waals surface area contributed by atoms with Crippen LogP contribution in [-0.4, -0.2) is 82.9 Å². The van der Waals surface area contributed by atoms with Crippen molar-refractivity contribution in [1.29, 1.82) is 0 Å². The van der Waals surface area contributed by atoms with E-state index < -0.39 is 0 Å². The lowest BCUT2D eigenvalue weighted by atomic mass is 9.83. The number of amides is 2. The molecule has 0 aromatic carbocycles. The fraction of sp³-hybridized carbons (Fsp3) is 0.654. The molecule has 2 fully saturated rings. The molecule has 8 heteroatoms. The highest BCUT2D eigenvalue weighted by molar-refractivity contribution is 6.06. The van der Waals surface area contributed by atoms with E-state index in [2.05, 4.69) is 29.2 Å². The molecule has 0 saturated carbocycles. The first-order valence-corrected chi connectivity index (χ1v) is 12.9. The third-order valence-corrected chi connectivity index (χ3v) is 7.96. The third kappa shape index (κ3) is 4.22. The number of nitrogens with zero attached hydrogens (tertiary/aromatic N) is 4. The van der Waals surface area contributed by atoms with Gasteiger partial charge in [0.05, 0.1) is 29.5 Å². The summed E-state index contributed by atoms with van der Waals surface area (Å²) in [7, 11) is 0. The van der Waals surface area contributed by atoms with Crippen LogP contribution in [0.15, 0.2) is 23.4 Å². The van der Waals surface area contributed by atoms with Crippen molar-refractivity contribution in [2.45, 2.75) is 71.0 Å². The topological polar surface area (TPSA) is 79.7 Å². The zero-order chi connectivity index (χ0) is 23.8. The fourth-order valence-corrected chi connectivity index (χ4v) is 5.91. The Hall–Kier alpha value is -2.45. The maximum absolute atomic E-state index is 13.6. The van der Waals surface area contributed by atoms with Crippen molar-refractivity contribution < 1.29 is 14.3 Å². The lowest BCUT2D eigenvalue weighted by molar-refractivity contribution is -0.128. The number of aromatic nitrogens is 2. The Labute approximate surface area is 202 Å². The van der Waals surface area contributed by atoms with Crippen LogP contribution < -0.4 is 5.32 Å². The Morgan fingerprint density at radius 3 is 2.68 bits per heavy atom. The SMILES string of the molecule is CCCC(C)N1CCN(C(=O)C2=C(C)CC3NC(=O)c4cnn(C5CCOCC5)c4C3=C2)CC1. The molecule has 184 valence electrons. The molecule has 2 unspecified atom stereocenters. The molecule has 0 radical (unpaired) electrons. The molecule has 1 aromatic heterocycles. The van der Waals surface area contributed by atoms with E-state index in [4.69, 9.17) is 4.74 Å².